The van der Waals surface area contributed by atoms with Crippen molar-refractivity contribution in [3.8, 4) is 0 Å². The van der Waals surface area contributed by atoms with Crippen molar-refractivity contribution in [2.24, 2.45) is 0 Å². The predicted molar refractivity (Wildman–Crippen MR) is 28.0 cm³/mol. The summed E-state index contributed by atoms with van der Waals surface area (Å²) >= 11 is 0. The van der Waals surface area contributed by atoms with E-state index in [-0.39, 0.29) is 0 Å². The Morgan fingerprint density at radius 3 is 1.71 bits per heavy atom. The Kier molecular flexibility index (Phi) is 5.26. The summed E-state index contributed by atoms with van der Waals surface area (Å²) in [6.07, 6.45) is 0. The van der Waals surface area contributed by atoms with Gasteiger partial charge in [-0.05, 0) is 0 Å². The first-order valence-electron chi connectivity index (χ1n) is 2.20. The van der Waals surface area contributed by atoms with Gasteiger partial charge in [-0.15, -0.1) is 0 Å². The summed E-state index contributed by atoms with van der Waals surface area (Å²) in [5.41, 5.74) is 0. The Bertz CT molecular complexity index is 29.1. The van der Waals surface area contributed by atoms with Crippen molar-refractivity contribution in [2.45, 2.75) is 0 Å². The van der Waals surface area contributed by atoms with E-state index in [1.807, 2.05) is 6.79 Å². The van der Waals surface area contributed by atoms with E-state index in [0.29, 0.717) is 0 Å². The van der Waals surface area contributed by atoms with Crippen molar-refractivity contribution >= 4 is 6.79 Å². The average Bonchev–Trinajstić information content (AvgIpc) is 2.23. The Morgan fingerprint density at radius 2 is 1.57 bits per heavy atom. The van der Waals surface area contributed by atoms with Crippen molar-refractivity contribution in [3.05, 3.63) is 0 Å². The highest BCUT2D eigenvalue weighted by Gasteiger charge is 1.90. The van der Waals surface area contributed by atoms with Crippen LogP contribution in [0.4, 0.5) is 0 Å². The third-order valence-corrected chi connectivity index (χ3v) is 0.729. The van der Waals surface area contributed by atoms with Crippen LogP contribution in [0.2, 0.25) is 0 Å². The fourth-order valence-corrected chi connectivity index (χ4v) is 0.442. The molecule has 42 valence electrons. The van der Waals surface area contributed by atoms with Crippen LogP contribution in [0.5, 0.6) is 0 Å². The van der Waals surface area contributed by atoms with E-state index < -0.39 is 0 Å². The lowest BCUT2D eigenvalue weighted by Gasteiger charge is -1.77. The number of carbonyl (C=O) groups is 1. The molecule has 1 rings (SSSR count). The van der Waals surface area contributed by atoms with Gasteiger partial charge in [-0.2, -0.15) is 0 Å². The molecule has 3 nitrogen and oxygen atoms in total. The standard InChI is InChI=1S/C3H8N2.CH2O/c1-2-5-3-4-1;1-2/h4-5H,1-3H2;1H2. The average molecular weight is 102 g/mol. The topological polar surface area (TPSA) is 41.1 Å². The molecule has 2 N–H and O–H groups in total. The second kappa shape index (κ2) is 5.59. The van der Waals surface area contributed by atoms with Crippen LogP contribution < -0.4 is 10.6 Å². The summed E-state index contributed by atoms with van der Waals surface area (Å²) in [5, 5.41) is 6.22. The quantitative estimate of drug-likeness (QED) is 0.410. The predicted octanol–water partition coefficient (Wildman–Crippen LogP) is -1.05. The highest BCUT2D eigenvalue weighted by molar-refractivity contribution is 5.10. The Hall–Kier alpha value is -0.410. The van der Waals surface area contributed by atoms with Gasteiger partial charge in [-0.1, -0.05) is 0 Å². The van der Waals surface area contributed by atoms with E-state index in [4.69, 9.17) is 4.79 Å². The van der Waals surface area contributed by atoms with Gasteiger partial charge in [-0.25, -0.2) is 0 Å². The number of hydrogen-bond acceptors (Lipinski definition) is 3. The van der Waals surface area contributed by atoms with Crippen molar-refractivity contribution in [2.75, 3.05) is 19.8 Å². The number of nitrogens with one attached hydrogen (secondary N) is 2. The van der Waals surface area contributed by atoms with Crippen LogP contribution in [0.1, 0.15) is 0 Å². The molecule has 3 heteroatoms. The SMILES string of the molecule is C1CNCN1.C=O. The summed E-state index contributed by atoms with van der Waals surface area (Å²) in [6.45, 7) is 5.28. The number of carbonyl (C=O) groups excluding carboxylic acids is 1. The smallest absolute Gasteiger partial charge is 0.106 e. The molecular weight excluding hydrogens is 92.1 g/mol. The first kappa shape index (κ1) is 6.59. The highest BCUT2D eigenvalue weighted by Crippen LogP contribution is 1.62. The van der Waals surface area contributed by atoms with Crippen molar-refractivity contribution < 1.29 is 4.79 Å². The molecule has 7 heavy (non-hydrogen) atoms. The fourth-order valence-electron chi connectivity index (χ4n) is 0.442. The lowest BCUT2D eigenvalue weighted by molar-refractivity contribution is -0.0979. The summed E-state index contributed by atoms with van der Waals surface area (Å²) in [4.78, 5) is 8.00. The summed E-state index contributed by atoms with van der Waals surface area (Å²) in [7, 11) is 0. The summed E-state index contributed by atoms with van der Waals surface area (Å²) in [5.74, 6) is 0. The molecule has 0 aromatic heterocycles. The maximum atomic E-state index is 8.00. The first-order valence-corrected chi connectivity index (χ1v) is 2.20. The molecule has 0 atom stereocenters. The van der Waals surface area contributed by atoms with Gasteiger partial charge in [0.05, 0.1) is 0 Å². The molecule has 1 aliphatic heterocycles. The van der Waals surface area contributed by atoms with Gasteiger partial charge in [0.2, 0.25) is 0 Å². The molecule has 0 aromatic carbocycles. The van der Waals surface area contributed by atoms with Crippen LogP contribution in [0, 0.1) is 0 Å². The zero-order valence-corrected chi connectivity index (χ0v) is 4.24. The maximum Gasteiger partial charge on any atom is 0.106 e. The van der Waals surface area contributed by atoms with E-state index in [9.17, 15) is 0 Å². The van der Waals surface area contributed by atoms with Gasteiger partial charge in [-0.3, -0.25) is 0 Å². The molecule has 0 aliphatic carbocycles. The third kappa shape index (κ3) is 3.42. The first-order chi connectivity index (χ1) is 3.50. The fraction of sp³-hybridized carbons (Fsp3) is 0.750. The van der Waals surface area contributed by atoms with Gasteiger partial charge >= 0.3 is 0 Å². The molecule has 0 aromatic rings. The van der Waals surface area contributed by atoms with Crippen LogP contribution in [0.3, 0.4) is 0 Å². The number of hydrogen-bond donors (Lipinski definition) is 2. The zero-order valence-electron chi connectivity index (χ0n) is 4.24. The molecule has 0 radical (unpaired) electrons. The molecule has 0 saturated carbocycles. The largest absolute Gasteiger partial charge is 0.307 e. The zero-order chi connectivity index (χ0) is 5.54. The van der Waals surface area contributed by atoms with Crippen LogP contribution >= 0.6 is 0 Å². The van der Waals surface area contributed by atoms with E-state index in [1.165, 1.54) is 0 Å². The van der Waals surface area contributed by atoms with Crippen LogP contribution in [-0.4, -0.2) is 26.5 Å². The van der Waals surface area contributed by atoms with E-state index in [2.05, 4.69) is 10.6 Å². The molecule has 0 amide bonds. The van der Waals surface area contributed by atoms with E-state index >= 15 is 0 Å². The molecular formula is C4H10N2O. The summed E-state index contributed by atoms with van der Waals surface area (Å²) in [6, 6.07) is 0. The van der Waals surface area contributed by atoms with E-state index in [1.54, 1.807) is 0 Å². The lowest BCUT2D eigenvalue weighted by Crippen LogP contribution is -2.11. The second-order valence-electron chi connectivity index (χ2n) is 1.18. The molecule has 0 spiro atoms. The Labute approximate surface area is 43.1 Å². The van der Waals surface area contributed by atoms with Crippen molar-refractivity contribution in [3.63, 3.8) is 0 Å². The van der Waals surface area contributed by atoms with Crippen LogP contribution in [0.15, 0.2) is 0 Å². The minimum absolute atomic E-state index is 1.00. The minimum atomic E-state index is 1.00. The monoisotopic (exact) mass is 102 g/mol. The van der Waals surface area contributed by atoms with Gasteiger partial charge in [0.15, 0.2) is 0 Å². The van der Waals surface area contributed by atoms with E-state index in [0.717, 1.165) is 19.8 Å². The minimum Gasteiger partial charge on any atom is -0.307 e. The van der Waals surface area contributed by atoms with Gasteiger partial charge in [0.25, 0.3) is 0 Å². The molecule has 0 unspecified atom stereocenters. The molecule has 1 aliphatic rings. The van der Waals surface area contributed by atoms with Gasteiger partial charge < -0.3 is 15.4 Å². The van der Waals surface area contributed by atoms with Crippen LogP contribution in [0.25, 0.3) is 0 Å². The Morgan fingerprint density at radius 1 is 1.14 bits per heavy atom. The molecule has 1 fully saturated rings. The normalized spacial score (nSPS) is 17.7. The summed E-state index contributed by atoms with van der Waals surface area (Å²) < 4.78 is 0. The van der Waals surface area contributed by atoms with Crippen LogP contribution in [-0.2, 0) is 4.79 Å². The van der Waals surface area contributed by atoms with Gasteiger partial charge in [0, 0.05) is 19.8 Å². The molecule has 1 saturated heterocycles. The third-order valence-electron chi connectivity index (χ3n) is 0.729. The number of rotatable bonds is 0. The molecule has 1 heterocycles. The maximum absolute atomic E-state index is 8.00. The Balaban J connectivity index is 0.000000162. The van der Waals surface area contributed by atoms with Crippen molar-refractivity contribution in [1.29, 1.82) is 0 Å². The molecule has 0 bridgehead atoms. The van der Waals surface area contributed by atoms with Crippen molar-refractivity contribution in [1.82, 2.24) is 10.6 Å². The highest BCUT2D eigenvalue weighted by atomic mass is 16.1. The lowest BCUT2D eigenvalue weighted by atomic mass is 10.7. The second-order valence-corrected chi connectivity index (χ2v) is 1.18. The van der Waals surface area contributed by atoms with Gasteiger partial charge in [0.1, 0.15) is 6.79 Å².